The van der Waals surface area contributed by atoms with E-state index in [1.807, 2.05) is 48.5 Å². The Morgan fingerprint density at radius 1 is 1.03 bits per heavy atom. The molecular weight excluding hydrogens is 553 g/mol. The molecule has 10 nitrogen and oxygen atoms in total. The molecule has 0 bridgehead atoms. The number of nitrogens with zero attached hydrogens (tertiary/aromatic N) is 3. The lowest BCUT2D eigenvalue weighted by Crippen LogP contribution is -2.38. The standard InChI is InChI=1S/C24H22FN5O5S3/c25-19-9-6-16(7-10-19)13-37(31,32)22(23-29-30(15-35-23)14-27-38(26,33)34)24-28-20-11-8-18(12-21(20)36-24)17-4-2-1-3-5-17/h1-12,22,27H,13-15H2,(H2,26,33,34). The highest BCUT2D eigenvalue weighted by Crippen LogP contribution is 2.36. The van der Waals surface area contributed by atoms with Crippen LogP contribution in [0.1, 0.15) is 15.8 Å². The van der Waals surface area contributed by atoms with Crippen LogP contribution in [0, 0.1) is 5.82 Å². The fourth-order valence-electron chi connectivity index (χ4n) is 3.89. The Morgan fingerprint density at radius 2 is 1.76 bits per heavy atom. The first-order valence-electron chi connectivity index (χ1n) is 11.2. The second-order valence-corrected chi connectivity index (χ2v) is 13.0. The van der Waals surface area contributed by atoms with Crippen molar-refractivity contribution >= 4 is 47.5 Å². The average Bonchev–Trinajstić information content (AvgIpc) is 3.50. The zero-order chi connectivity index (χ0) is 26.9. The zero-order valence-corrected chi connectivity index (χ0v) is 22.1. The molecule has 198 valence electrons. The van der Waals surface area contributed by atoms with Crippen LogP contribution in [-0.4, -0.2) is 46.1 Å². The van der Waals surface area contributed by atoms with Gasteiger partial charge in [0, 0.05) is 0 Å². The van der Waals surface area contributed by atoms with Crippen molar-refractivity contribution in [1.82, 2.24) is 14.7 Å². The number of nitrogens with one attached hydrogen (secondary N) is 1. The molecule has 3 N–H and O–H groups in total. The summed E-state index contributed by atoms with van der Waals surface area (Å²) in [7, 11) is -8.02. The summed E-state index contributed by atoms with van der Waals surface area (Å²) in [5.74, 6) is -1.05. The summed E-state index contributed by atoms with van der Waals surface area (Å²) >= 11 is 1.20. The number of halogens is 1. The molecule has 1 atom stereocenters. The third-order valence-corrected chi connectivity index (χ3v) is 9.29. The number of aromatic nitrogens is 1. The van der Waals surface area contributed by atoms with E-state index in [0.717, 1.165) is 15.8 Å². The minimum atomic E-state index is -4.02. The molecule has 0 fully saturated rings. The van der Waals surface area contributed by atoms with Crippen LogP contribution in [0.3, 0.4) is 0 Å². The fraction of sp³-hybridized carbons (Fsp3) is 0.167. The molecule has 3 aromatic carbocycles. The molecule has 0 aliphatic carbocycles. The van der Waals surface area contributed by atoms with Crippen LogP contribution in [0.15, 0.2) is 77.9 Å². The van der Waals surface area contributed by atoms with E-state index in [-0.39, 0.29) is 24.3 Å². The highest BCUT2D eigenvalue weighted by atomic mass is 32.2. The van der Waals surface area contributed by atoms with Gasteiger partial charge < -0.3 is 4.74 Å². The van der Waals surface area contributed by atoms with E-state index >= 15 is 0 Å². The molecule has 4 aromatic rings. The van der Waals surface area contributed by atoms with Crippen molar-refractivity contribution in [2.75, 3.05) is 13.4 Å². The molecule has 1 aromatic heterocycles. The number of hydrogen-bond donors (Lipinski definition) is 2. The number of fused-ring (bicyclic) bond motifs is 1. The van der Waals surface area contributed by atoms with Gasteiger partial charge in [0.1, 0.15) is 17.5 Å². The molecule has 0 saturated heterocycles. The van der Waals surface area contributed by atoms with Crippen LogP contribution in [0.5, 0.6) is 0 Å². The monoisotopic (exact) mass is 575 g/mol. The summed E-state index contributed by atoms with van der Waals surface area (Å²) in [5, 5.41) is 9.24. The van der Waals surface area contributed by atoms with E-state index in [1.54, 1.807) is 0 Å². The Kier molecular flexibility index (Phi) is 7.15. The summed E-state index contributed by atoms with van der Waals surface area (Å²) in [6.45, 7) is -0.503. The molecule has 14 heteroatoms. The largest absolute Gasteiger partial charge is 0.455 e. The molecule has 1 unspecified atom stereocenters. The third kappa shape index (κ3) is 6.00. The van der Waals surface area contributed by atoms with Crippen molar-refractivity contribution in [2.24, 2.45) is 10.2 Å². The molecule has 1 aliphatic rings. The van der Waals surface area contributed by atoms with Crippen LogP contribution >= 0.6 is 11.3 Å². The van der Waals surface area contributed by atoms with Crippen molar-refractivity contribution < 1.29 is 26.0 Å². The van der Waals surface area contributed by atoms with Gasteiger partial charge in [0.15, 0.2) is 21.8 Å². The first-order valence-corrected chi connectivity index (χ1v) is 15.3. The number of nitrogens with two attached hydrogens (primary N) is 1. The number of hydrazone groups is 1. The van der Waals surface area contributed by atoms with Gasteiger partial charge >= 0.3 is 0 Å². The van der Waals surface area contributed by atoms with E-state index in [9.17, 15) is 21.2 Å². The summed E-state index contributed by atoms with van der Waals surface area (Å²) in [6.07, 6.45) is 0. The van der Waals surface area contributed by atoms with E-state index in [0.29, 0.717) is 11.1 Å². The van der Waals surface area contributed by atoms with Crippen LogP contribution < -0.4 is 9.86 Å². The third-order valence-electron chi connectivity index (χ3n) is 5.65. The Bertz CT molecular complexity index is 1710. The summed E-state index contributed by atoms with van der Waals surface area (Å²) in [4.78, 5) is 4.59. The number of rotatable bonds is 9. The first-order chi connectivity index (χ1) is 18.1. The summed E-state index contributed by atoms with van der Waals surface area (Å²) < 4.78 is 71.8. The van der Waals surface area contributed by atoms with Crippen LogP contribution in [0.2, 0.25) is 0 Å². The van der Waals surface area contributed by atoms with E-state index in [1.165, 1.54) is 40.6 Å². The minimum Gasteiger partial charge on any atom is -0.455 e. The van der Waals surface area contributed by atoms with Crippen molar-refractivity contribution in [3.8, 4) is 11.1 Å². The van der Waals surface area contributed by atoms with Gasteiger partial charge in [-0.05, 0) is 41.0 Å². The van der Waals surface area contributed by atoms with Crippen molar-refractivity contribution in [3.05, 3.63) is 89.2 Å². The minimum absolute atomic E-state index is 0.148. The van der Waals surface area contributed by atoms with Gasteiger partial charge in [-0.1, -0.05) is 48.5 Å². The SMILES string of the molecule is NS(=O)(=O)NCN1COC(C(c2nc3ccc(-c4ccccc4)cc3s2)S(=O)(=O)Cc2ccc(F)cc2)=N1. The van der Waals surface area contributed by atoms with E-state index in [4.69, 9.17) is 9.88 Å². The lowest BCUT2D eigenvalue weighted by molar-refractivity contribution is 0.165. The Morgan fingerprint density at radius 3 is 2.47 bits per heavy atom. The smallest absolute Gasteiger partial charge is 0.275 e. The predicted molar refractivity (Wildman–Crippen MR) is 143 cm³/mol. The van der Waals surface area contributed by atoms with Gasteiger partial charge in [-0.15, -0.1) is 16.4 Å². The van der Waals surface area contributed by atoms with Crippen molar-refractivity contribution in [2.45, 2.75) is 11.0 Å². The molecule has 38 heavy (non-hydrogen) atoms. The van der Waals surface area contributed by atoms with E-state index in [2.05, 4.69) is 14.8 Å². The Hall–Kier alpha value is -3.43. The highest BCUT2D eigenvalue weighted by molar-refractivity contribution is 7.91. The Balaban J connectivity index is 1.53. The number of sulfone groups is 1. The maximum atomic E-state index is 13.7. The quantitative estimate of drug-likeness (QED) is 0.312. The lowest BCUT2D eigenvalue weighted by atomic mass is 10.1. The molecule has 2 heterocycles. The van der Waals surface area contributed by atoms with Gasteiger partial charge in [0.25, 0.3) is 10.2 Å². The highest BCUT2D eigenvalue weighted by Gasteiger charge is 2.39. The molecule has 0 radical (unpaired) electrons. The van der Waals surface area contributed by atoms with Crippen LogP contribution in [0.4, 0.5) is 4.39 Å². The average molecular weight is 576 g/mol. The van der Waals surface area contributed by atoms with Crippen LogP contribution in [-0.2, 0) is 30.5 Å². The number of thiazole rings is 1. The maximum absolute atomic E-state index is 13.7. The van der Waals surface area contributed by atoms with Gasteiger partial charge in [0.05, 0.1) is 16.0 Å². The van der Waals surface area contributed by atoms with Gasteiger partial charge in [-0.3, -0.25) is 0 Å². The van der Waals surface area contributed by atoms with Gasteiger partial charge in [-0.2, -0.15) is 13.1 Å². The zero-order valence-electron chi connectivity index (χ0n) is 19.7. The maximum Gasteiger partial charge on any atom is 0.275 e. The van der Waals surface area contributed by atoms with Crippen molar-refractivity contribution in [1.29, 1.82) is 0 Å². The van der Waals surface area contributed by atoms with Gasteiger partial charge in [0.2, 0.25) is 5.90 Å². The fourth-order valence-corrected chi connectivity index (χ4v) is 7.39. The molecule has 0 spiro atoms. The number of benzene rings is 3. The molecule has 1 aliphatic heterocycles. The first kappa shape index (κ1) is 26.2. The number of hydrogen-bond acceptors (Lipinski definition) is 9. The summed E-state index contributed by atoms with van der Waals surface area (Å²) in [6, 6.07) is 20.6. The topological polar surface area (TPSA) is 144 Å². The van der Waals surface area contributed by atoms with Crippen molar-refractivity contribution in [3.63, 3.8) is 0 Å². The number of ether oxygens (including phenoxy) is 1. The summed E-state index contributed by atoms with van der Waals surface area (Å²) in [5.41, 5.74) is 2.95. The van der Waals surface area contributed by atoms with Crippen LogP contribution in [0.25, 0.3) is 21.3 Å². The molecular formula is C24H22FN5O5S3. The normalized spacial score (nSPS) is 14.9. The molecule has 0 amide bonds. The second-order valence-electron chi connectivity index (χ2n) is 8.48. The molecule has 0 saturated carbocycles. The Labute approximate surface area is 222 Å². The second kappa shape index (κ2) is 10.4. The van der Waals surface area contributed by atoms with E-state index < -0.39 is 36.9 Å². The van der Waals surface area contributed by atoms with Gasteiger partial charge in [-0.25, -0.2) is 27.9 Å². The predicted octanol–water partition coefficient (Wildman–Crippen LogP) is 3.11. The lowest BCUT2D eigenvalue weighted by Gasteiger charge is -2.14. The molecule has 5 rings (SSSR count).